The topological polar surface area (TPSA) is 111 Å². The van der Waals surface area contributed by atoms with E-state index in [1.807, 2.05) is 6.92 Å². The fraction of sp³-hybridized carbons (Fsp3) is 0.333. The molecule has 2 N–H and O–H groups in total. The van der Waals surface area contributed by atoms with Gasteiger partial charge in [0.2, 0.25) is 0 Å². The van der Waals surface area contributed by atoms with E-state index in [0.29, 0.717) is 55.8 Å². The molecule has 0 saturated heterocycles. The molecule has 0 radical (unpaired) electrons. The number of aromatic nitrogens is 1. The Morgan fingerprint density at radius 1 is 0.941 bits per heavy atom. The number of nitrogens with two attached hydrogens (primary N) is 1. The van der Waals surface area contributed by atoms with Crippen molar-refractivity contribution in [3.63, 3.8) is 0 Å². The van der Waals surface area contributed by atoms with E-state index < -0.39 is 17.7 Å². The summed E-state index contributed by atoms with van der Waals surface area (Å²) in [5.74, 6) is 0.956. The lowest BCUT2D eigenvalue weighted by Gasteiger charge is -2.23. The van der Waals surface area contributed by atoms with Crippen molar-refractivity contribution < 1.29 is 28.5 Å². The van der Waals surface area contributed by atoms with E-state index in [1.165, 1.54) is 40.1 Å². The van der Waals surface area contributed by atoms with Crippen molar-refractivity contribution in [2.24, 2.45) is 5.73 Å². The molecular formula is C24H27BrN2O7. The van der Waals surface area contributed by atoms with Gasteiger partial charge in [-0.3, -0.25) is 9.36 Å². The van der Waals surface area contributed by atoms with Gasteiger partial charge in [0.05, 0.1) is 51.6 Å². The molecule has 1 unspecified atom stereocenters. The van der Waals surface area contributed by atoms with Crippen molar-refractivity contribution in [3.8, 4) is 34.1 Å². The summed E-state index contributed by atoms with van der Waals surface area (Å²) < 4.78 is 28.8. The highest BCUT2D eigenvalue weighted by atomic mass is 79.9. The van der Waals surface area contributed by atoms with Crippen molar-refractivity contribution in [3.05, 3.63) is 44.8 Å². The second-order valence-electron chi connectivity index (χ2n) is 7.31. The van der Waals surface area contributed by atoms with E-state index in [4.69, 9.17) is 29.4 Å². The molecule has 0 amide bonds. The minimum absolute atomic E-state index is 0.0145. The quantitative estimate of drug-likeness (QED) is 0.429. The van der Waals surface area contributed by atoms with Crippen LogP contribution in [0, 0.1) is 0 Å². The van der Waals surface area contributed by atoms with Gasteiger partial charge in [0, 0.05) is 10.9 Å². The highest BCUT2D eigenvalue weighted by molar-refractivity contribution is 9.10. The first-order chi connectivity index (χ1) is 16.3. The Balaban J connectivity index is 2.65. The van der Waals surface area contributed by atoms with Gasteiger partial charge in [-0.25, -0.2) is 4.79 Å². The molecule has 1 aromatic heterocycles. The van der Waals surface area contributed by atoms with E-state index in [2.05, 4.69) is 15.9 Å². The highest BCUT2D eigenvalue weighted by Crippen LogP contribution is 2.43. The molecule has 1 atom stereocenters. The van der Waals surface area contributed by atoms with Crippen LogP contribution < -0.4 is 30.2 Å². The van der Waals surface area contributed by atoms with Crippen LogP contribution in [0.2, 0.25) is 0 Å². The second-order valence-corrected chi connectivity index (χ2v) is 8.17. The predicted octanol–water partition coefficient (Wildman–Crippen LogP) is 4.12. The molecule has 0 saturated carbocycles. The number of benzene rings is 2. The normalized spacial score (nSPS) is 11.8. The van der Waals surface area contributed by atoms with Gasteiger partial charge < -0.3 is 29.4 Å². The van der Waals surface area contributed by atoms with Crippen molar-refractivity contribution in [1.29, 1.82) is 0 Å². The summed E-state index contributed by atoms with van der Waals surface area (Å²) in [7, 11) is 7.26. The molecule has 10 heteroatoms. The van der Waals surface area contributed by atoms with Crippen molar-refractivity contribution in [2.75, 3.05) is 35.5 Å². The maximum Gasteiger partial charge on any atom is 0.355 e. The first-order valence-corrected chi connectivity index (χ1v) is 11.2. The Morgan fingerprint density at radius 3 is 2.03 bits per heavy atom. The summed E-state index contributed by atoms with van der Waals surface area (Å²) in [6, 6.07) is 6.72. The van der Waals surface area contributed by atoms with E-state index in [1.54, 1.807) is 24.3 Å². The third-order valence-corrected chi connectivity index (χ3v) is 6.16. The molecule has 3 rings (SSSR count). The van der Waals surface area contributed by atoms with Gasteiger partial charge in [-0.2, -0.15) is 0 Å². The highest BCUT2D eigenvalue weighted by Gasteiger charge is 2.28. The van der Waals surface area contributed by atoms with Crippen molar-refractivity contribution in [2.45, 2.75) is 19.5 Å². The number of carbonyl (C=O) groups is 1. The van der Waals surface area contributed by atoms with Crippen molar-refractivity contribution in [1.82, 2.24) is 4.57 Å². The summed E-state index contributed by atoms with van der Waals surface area (Å²) in [6.45, 7) is 1.82. The second kappa shape index (κ2) is 10.4. The first-order valence-electron chi connectivity index (χ1n) is 10.4. The molecule has 9 nitrogen and oxygen atoms in total. The molecule has 0 spiro atoms. The maximum absolute atomic E-state index is 13.6. The Labute approximate surface area is 205 Å². The van der Waals surface area contributed by atoms with Gasteiger partial charge in [-0.15, -0.1) is 0 Å². The van der Waals surface area contributed by atoms with Gasteiger partial charge in [0.1, 0.15) is 5.69 Å². The number of hydrogen-bond donors (Lipinski definition) is 1. The van der Waals surface area contributed by atoms with Crippen LogP contribution in [0.1, 0.15) is 30.0 Å². The standard InChI is InChI=1S/C24H27BrN2O7/c1-7-19(26)27-21(24(29)34-6)20(12-8-15(25)22(33-5)18(9-12)32-4)13-10-16(30-2)17(31-3)11-14(13)23(27)28/h8-11,19H,7,26H2,1-6H3. The Bertz CT molecular complexity index is 1300. The average Bonchev–Trinajstić information content (AvgIpc) is 2.86. The Hall–Kier alpha value is -3.24. The average molecular weight is 535 g/mol. The number of pyridine rings is 1. The number of ether oxygens (including phenoxy) is 5. The monoisotopic (exact) mass is 534 g/mol. The third kappa shape index (κ3) is 4.19. The van der Waals surface area contributed by atoms with Gasteiger partial charge in [0.25, 0.3) is 5.56 Å². The van der Waals surface area contributed by atoms with Crippen LogP contribution in [-0.4, -0.2) is 46.1 Å². The van der Waals surface area contributed by atoms with E-state index in [0.717, 1.165) is 0 Å². The van der Waals surface area contributed by atoms with Crippen LogP contribution in [0.15, 0.2) is 33.5 Å². The van der Waals surface area contributed by atoms with Crippen LogP contribution >= 0.6 is 15.9 Å². The Kier molecular flexibility index (Phi) is 7.73. The van der Waals surface area contributed by atoms with E-state index in [9.17, 15) is 9.59 Å². The molecule has 182 valence electrons. The molecule has 2 aromatic carbocycles. The van der Waals surface area contributed by atoms with Crippen molar-refractivity contribution >= 4 is 32.7 Å². The molecular weight excluding hydrogens is 508 g/mol. The number of nitrogens with zero attached hydrogens (tertiary/aromatic N) is 1. The van der Waals surface area contributed by atoms with Crippen LogP contribution in [0.3, 0.4) is 0 Å². The number of hydrogen-bond acceptors (Lipinski definition) is 8. The zero-order valence-corrected chi connectivity index (χ0v) is 21.4. The number of esters is 1. The lowest BCUT2D eigenvalue weighted by molar-refractivity contribution is 0.0585. The third-order valence-electron chi connectivity index (χ3n) is 5.57. The van der Waals surface area contributed by atoms with E-state index in [-0.39, 0.29) is 5.69 Å². The molecule has 0 fully saturated rings. The SMILES string of the molecule is CCC(N)n1c(C(=O)OC)c(-c2cc(Br)c(OC)c(OC)c2)c2cc(OC)c(OC)cc2c1=O. The summed E-state index contributed by atoms with van der Waals surface area (Å²) >= 11 is 3.51. The summed E-state index contributed by atoms with van der Waals surface area (Å²) in [5, 5.41) is 0.761. The number of methoxy groups -OCH3 is 5. The Morgan fingerprint density at radius 2 is 1.53 bits per heavy atom. The number of halogens is 1. The van der Waals surface area contributed by atoms with Crippen LogP contribution in [0.25, 0.3) is 21.9 Å². The number of fused-ring (bicyclic) bond motifs is 1. The molecule has 0 aliphatic rings. The van der Waals surface area contributed by atoms with Gasteiger partial charge in [-0.1, -0.05) is 6.92 Å². The number of carbonyl (C=O) groups excluding carboxylic acids is 1. The van der Waals surface area contributed by atoms with Gasteiger partial charge >= 0.3 is 5.97 Å². The lowest BCUT2D eigenvalue weighted by atomic mass is 9.95. The van der Waals surface area contributed by atoms with Gasteiger partial charge in [0.15, 0.2) is 23.0 Å². The summed E-state index contributed by atoms with van der Waals surface area (Å²) in [6.07, 6.45) is -0.376. The lowest BCUT2D eigenvalue weighted by Crippen LogP contribution is -2.35. The summed E-state index contributed by atoms with van der Waals surface area (Å²) in [4.78, 5) is 26.8. The molecule has 3 aromatic rings. The fourth-order valence-corrected chi connectivity index (χ4v) is 4.50. The minimum atomic E-state index is -0.776. The molecule has 0 aliphatic heterocycles. The predicted molar refractivity (Wildman–Crippen MR) is 132 cm³/mol. The first kappa shape index (κ1) is 25.4. The van der Waals surface area contributed by atoms with Gasteiger partial charge in [-0.05, 0) is 52.2 Å². The molecule has 34 heavy (non-hydrogen) atoms. The molecule has 1 heterocycles. The molecule has 0 bridgehead atoms. The van der Waals surface area contributed by atoms with Crippen LogP contribution in [0.4, 0.5) is 0 Å². The minimum Gasteiger partial charge on any atom is -0.493 e. The van der Waals surface area contributed by atoms with Crippen LogP contribution in [-0.2, 0) is 4.74 Å². The zero-order chi connectivity index (χ0) is 25.2. The van der Waals surface area contributed by atoms with E-state index >= 15 is 0 Å². The number of rotatable bonds is 8. The maximum atomic E-state index is 13.6. The summed E-state index contributed by atoms with van der Waals surface area (Å²) in [5.41, 5.74) is 6.89. The fourth-order valence-electron chi connectivity index (χ4n) is 3.89. The smallest absolute Gasteiger partial charge is 0.355 e. The van der Waals surface area contributed by atoms with Crippen LogP contribution in [0.5, 0.6) is 23.0 Å². The zero-order valence-electron chi connectivity index (χ0n) is 19.9. The largest absolute Gasteiger partial charge is 0.493 e. The molecule has 0 aliphatic carbocycles.